The standard InChI is InChI=1S/C61H100NO8P/c1-3-5-7-9-11-13-15-17-19-21-23-25-27-28-29-30-32-34-36-38-40-42-44-46-48-50-52-54-61(64)70-59(58-69-71(65,66)68-56-55-62)57-67-60(63)53-51-49-47-45-43-41-39-37-35-33-31-26-24-22-20-18-16-14-12-10-8-6-4-2/h5-8,11-14,17-20,23-26,28-29,32,34,38,40,59H,3-4,9-10,15-16,21-22,27,30-31,33,35-37,39,41-58,62H2,1-2H3,(H,65,66)/b7-5-,8-6-,13-11-,14-12-,19-17-,20-18-,25-23-,26-24-,29-28-,34-32-,40-38-. The van der Waals surface area contributed by atoms with E-state index in [0.29, 0.717) is 6.42 Å². The van der Waals surface area contributed by atoms with Gasteiger partial charge >= 0.3 is 19.8 Å². The second-order valence-electron chi connectivity index (χ2n) is 17.7. The summed E-state index contributed by atoms with van der Waals surface area (Å²) in [5.74, 6) is -0.865. The van der Waals surface area contributed by atoms with E-state index < -0.39 is 32.5 Å². The molecular weight excluding hydrogens is 906 g/mol. The van der Waals surface area contributed by atoms with Gasteiger partial charge in [0.2, 0.25) is 0 Å². The number of rotatable bonds is 50. The van der Waals surface area contributed by atoms with Crippen molar-refractivity contribution < 1.29 is 37.6 Å². The summed E-state index contributed by atoms with van der Waals surface area (Å²) in [4.78, 5) is 35.2. The van der Waals surface area contributed by atoms with E-state index in [9.17, 15) is 19.0 Å². The Hall–Kier alpha value is -3.85. The summed E-state index contributed by atoms with van der Waals surface area (Å²) in [6, 6.07) is 0. The van der Waals surface area contributed by atoms with Crippen LogP contribution in [-0.2, 0) is 32.7 Å². The predicted molar refractivity (Wildman–Crippen MR) is 302 cm³/mol. The lowest BCUT2D eigenvalue weighted by molar-refractivity contribution is -0.161. The number of ether oxygens (including phenoxy) is 2. The topological polar surface area (TPSA) is 134 Å². The summed E-state index contributed by atoms with van der Waals surface area (Å²) in [5, 5.41) is 0. The first kappa shape index (κ1) is 67.1. The van der Waals surface area contributed by atoms with E-state index in [2.05, 4.69) is 148 Å². The summed E-state index contributed by atoms with van der Waals surface area (Å²) in [6.07, 6.45) is 77.7. The number of nitrogens with two attached hydrogens (primary N) is 1. The number of carbonyl (C=O) groups excluding carboxylic acids is 2. The molecule has 3 N–H and O–H groups in total. The maximum Gasteiger partial charge on any atom is 0.472 e. The fourth-order valence-corrected chi connectivity index (χ4v) is 7.78. The van der Waals surface area contributed by atoms with Crippen molar-refractivity contribution in [3.8, 4) is 0 Å². The zero-order valence-electron chi connectivity index (χ0n) is 44.7. The van der Waals surface area contributed by atoms with Crippen LogP contribution in [0.15, 0.2) is 134 Å². The van der Waals surface area contributed by atoms with Crippen LogP contribution >= 0.6 is 7.82 Å². The van der Waals surface area contributed by atoms with Gasteiger partial charge in [0.1, 0.15) is 6.61 Å². The molecule has 0 rings (SSSR count). The van der Waals surface area contributed by atoms with Crippen LogP contribution in [0, 0.1) is 0 Å². The number of allylic oxidation sites excluding steroid dienone is 22. The van der Waals surface area contributed by atoms with Gasteiger partial charge in [0, 0.05) is 19.4 Å². The number of carbonyl (C=O) groups is 2. The van der Waals surface area contributed by atoms with E-state index in [0.717, 1.165) is 135 Å². The molecule has 2 atom stereocenters. The van der Waals surface area contributed by atoms with Gasteiger partial charge in [-0.25, -0.2) is 4.57 Å². The zero-order chi connectivity index (χ0) is 51.7. The van der Waals surface area contributed by atoms with Crippen LogP contribution in [0.1, 0.15) is 206 Å². The Morgan fingerprint density at radius 3 is 1.08 bits per heavy atom. The van der Waals surface area contributed by atoms with Crippen molar-refractivity contribution in [3.05, 3.63) is 134 Å². The van der Waals surface area contributed by atoms with Crippen molar-refractivity contribution in [2.24, 2.45) is 5.73 Å². The van der Waals surface area contributed by atoms with E-state index in [1.807, 2.05) is 0 Å². The van der Waals surface area contributed by atoms with Gasteiger partial charge in [-0.3, -0.25) is 18.6 Å². The molecule has 0 bridgehead atoms. The van der Waals surface area contributed by atoms with Crippen molar-refractivity contribution >= 4 is 19.8 Å². The minimum atomic E-state index is -4.40. The molecule has 71 heavy (non-hydrogen) atoms. The molecule has 0 heterocycles. The van der Waals surface area contributed by atoms with E-state index in [4.69, 9.17) is 24.3 Å². The molecule has 0 aromatic heterocycles. The van der Waals surface area contributed by atoms with Crippen LogP contribution in [0.5, 0.6) is 0 Å². The zero-order valence-corrected chi connectivity index (χ0v) is 45.5. The van der Waals surface area contributed by atoms with Crippen LogP contribution in [-0.4, -0.2) is 49.3 Å². The number of phosphoric ester groups is 1. The lowest BCUT2D eigenvalue weighted by Gasteiger charge is -2.19. The van der Waals surface area contributed by atoms with Gasteiger partial charge in [-0.1, -0.05) is 218 Å². The van der Waals surface area contributed by atoms with Gasteiger partial charge in [-0.05, 0) is 109 Å². The minimum absolute atomic E-state index is 0.0416. The lowest BCUT2D eigenvalue weighted by atomic mass is 10.1. The summed E-state index contributed by atoms with van der Waals surface area (Å²) >= 11 is 0. The summed E-state index contributed by atoms with van der Waals surface area (Å²) < 4.78 is 33.0. The average molecular weight is 1010 g/mol. The molecule has 0 spiro atoms. The lowest BCUT2D eigenvalue weighted by Crippen LogP contribution is -2.29. The van der Waals surface area contributed by atoms with Crippen molar-refractivity contribution in [1.29, 1.82) is 0 Å². The van der Waals surface area contributed by atoms with Gasteiger partial charge < -0.3 is 20.1 Å². The molecule has 9 nitrogen and oxygen atoms in total. The van der Waals surface area contributed by atoms with E-state index in [-0.39, 0.29) is 32.6 Å². The van der Waals surface area contributed by atoms with Crippen LogP contribution in [0.2, 0.25) is 0 Å². The molecule has 0 saturated carbocycles. The second-order valence-corrected chi connectivity index (χ2v) is 19.1. The number of phosphoric acid groups is 1. The van der Waals surface area contributed by atoms with Gasteiger partial charge in [-0.15, -0.1) is 0 Å². The minimum Gasteiger partial charge on any atom is -0.462 e. The number of hydrogen-bond acceptors (Lipinski definition) is 8. The Morgan fingerprint density at radius 2 is 0.732 bits per heavy atom. The maximum atomic E-state index is 12.7. The van der Waals surface area contributed by atoms with Crippen LogP contribution in [0.3, 0.4) is 0 Å². The fraction of sp³-hybridized carbons (Fsp3) is 0.607. The summed E-state index contributed by atoms with van der Waals surface area (Å²) in [5.41, 5.74) is 5.38. The summed E-state index contributed by atoms with van der Waals surface area (Å²) in [6.45, 7) is 3.47. The van der Waals surface area contributed by atoms with Crippen molar-refractivity contribution in [2.45, 2.75) is 213 Å². The van der Waals surface area contributed by atoms with E-state index in [1.54, 1.807) is 0 Å². The van der Waals surface area contributed by atoms with Crippen LogP contribution in [0.25, 0.3) is 0 Å². The first-order valence-corrected chi connectivity index (χ1v) is 29.2. The van der Waals surface area contributed by atoms with Gasteiger partial charge in [-0.2, -0.15) is 0 Å². The van der Waals surface area contributed by atoms with E-state index in [1.165, 1.54) is 38.5 Å². The third-order valence-electron chi connectivity index (χ3n) is 11.0. The second kappa shape index (κ2) is 55.5. The monoisotopic (exact) mass is 1010 g/mol. The van der Waals surface area contributed by atoms with Gasteiger partial charge in [0.15, 0.2) is 6.10 Å². The van der Waals surface area contributed by atoms with Crippen molar-refractivity contribution in [2.75, 3.05) is 26.4 Å². The Morgan fingerprint density at radius 1 is 0.423 bits per heavy atom. The highest BCUT2D eigenvalue weighted by Crippen LogP contribution is 2.43. The highest BCUT2D eigenvalue weighted by molar-refractivity contribution is 7.47. The molecule has 0 aromatic carbocycles. The molecular formula is C61H100NO8P. The molecule has 0 fully saturated rings. The SMILES string of the molecule is CC/C=C\C/C=C\C/C=C\C/C=C\C/C=C\C/C=C\C/C=C\CCCCCCCC(=O)OC(COC(=O)CCCCCCCCCCCC/C=C\C/C=C\C/C=C\C/C=C\CC)COP(=O)(O)OCCN. The molecule has 0 aromatic rings. The smallest absolute Gasteiger partial charge is 0.462 e. The van der Waals surface area contributed by atoms with Crippen molar-refractivity contribution in [3.63, 3.8) is 0 Å². The van der Waals surface area contributed by atoms with Gasteiger partial charge in [0.25, 0.3) is 0 Å². The molecule has 0 radical (unpaired) electrons. The Labute approximate surface area is 434 Å². The molecule has 0 saturated heterocycles. The normalized spacial score (nSPS) is 14.1. The number of esters is 2. The quantitative estimate of drug-likeness (QED) is 0.0264. The molecule has 10 heteroatoms. The molecule has 0 aliphatic carbocycles. The molecule has 0 aliphatic rings. The molecule has 0 amide bonds. The Balaban J connectivity index is 4.11. The highest BCUT2D eigenvalue weighted by atomic mass is 31.2. The number of unbranched alkanes of at least 4 members (excludes halogenated alkanes) is 15. The Bertz CT molecular complexity index is 1620. The predicted octanol–water partition coefficient (Wildman–Crippen LogP) is 17.4. The fourth-order valence-electron chi connectivity index (χ4n) is 7.02. The Kier molecular flexibility index (Phi) is 52.5. The molecule has 2 unspecified atom stereocenters. The molecule has 402 valence electrons. The largest absolute Gasteiger partial charge is 0.472 e. The number of hydrogen-bond donors (Lipinski definition) is 2. The van der Waals surface area contributed by atoms with Crippen molar-refractivity contribution in [1.82, 2.24) is 0 Å². The first-order valence-electron chi connectivity index (χ1n) is 27.7. The van der Waals surface area contributed by atoms with E-state index >= 15 is 0 Å². The third-order valence-corrected chi connectivity index (χ3v) is 12.0. The van der Waals surface area contributed by atoms with Crippen LogP contribution in [0.4, 0.5) is 0 Å². The highest BCUT2D eigenvalue weighted by Gasteiger charge is 2.26. The third kappa shape index (κ3) is 55.3. The van der Waals surface area contributed by atoms with Crippen LogP contribution < -0.4 is 5.73 Å². The van der Waals surface area contributed by atoms with Gasteiger partial charge in [0.05, 0.1) is 13.2 Å². The maximum absolute atomic E-state index is 12.7. The molecule has 0 aliphatic heterocycles. The average Bonchev–Trinajstić information content (AvgIpc) is 3.36. The first-order chi connectivity index (χ1) is 34.8. The summed E-state index contributed by atoms with van der Waals surface area (Å²) in [7, 11) is -4.40.